The lowest BCUT2D eigenvalue weighted by Gasteiger charge is -2.56. The molecule has 1 aromatic carbocycles. The number of likely N-dealkylation sites (tertiary alicyclic amines) is 1. The van der Waals surface area contributed by atoms with Crippen LogP contribution in [-0.2, 0) is 16.1 Å². The summed E-state index contributed by atoms with van der Waals surface area (Å²) < 4.78 is 5.36. The first kappa shape index (κ1) is 26.9. The van der Waals surface area contributed by atoms with Crippen LogP contribution in [0.25, 0.3) is 0 Å². The van der Waals surface area contributed by atoms with Gasteiger partial charge in [0.25, 0.3) is 0 Å². The maximum absolute atomic E-state index is 13.9. The van der Waals surface area contributed by atoms with Gasteiger partial charge in [0.05, 0.1) is 0 Å². The molecule has 0 radical (unpaired) electrons. The normalized spacial score (nSPS) is 29.4. The van der Waals surface area contributed by atoms with Gasteiger partial charge in [-0.15, -0.1) is 0 Å². The third kappa shape index (κ3) is 6.05. The van der Waals surface area contributed by atoms with E-state index >= 15 is 0 Å². The van der Waals surface area contributed by atoms with Crippen LogP contribution in [0.2, 0.25) is 0 Å². The van der Waals surface area contributed by atoms with Crippen LogP contribution in [0.15, 0.2) is 30.3 Å². The van der Waals surface area contributed by atoms with Crippen LogP contribution in [0, 0.1) is 23.7 Å². The molecule has 0 aromatic heterocycles. The molecule has 4 bridgehead atoms. The van der Waals surface area contributed by atoms with Crippen molar-refractivity contribution >= 4 is 12.0 Å². The Labute approximate surface area is 217 Å². The van der Waals surface area contributed by atoms with E-state index in [0.717, 1.165) is 50.9 Å². The number of carbonyl (C=O) groups excluding carboxylic acids is 2. The van der Waals surface area contributed by atoms with Gasteiger partial charge in [-0.25, -0.2) is 4.79 Å². The van der Waals surface area contributed by atoms with E-state index in [0.29, 0.717) is 36.9 Å². The van der Waals surface area contributed by atoms with E-state index in [1.54, 1.807) is 0 Å². The molecule has 4 aliphatic rings. The lowest BCUT2D eigenvalue weighted by molar-refractivity contribution is -0.139. The minimum atomic E-state index is -0.511. The van der Waals surface area contributed by atoms with Crippen molar-refractivity contribution in [2.75, 3.05) is 26.2 Å². The average molecular weight is 499 g/mol. The van der Waals surface area contributed by atoms with Gasteiger partial charge in [0.15, 0.2) is 0 Å². The molecule has 4 fully saturated rings. The Kier molecular flexibility index (Phi) is 8.30. The van der Waals surface area contributed by atoms with E-state index < -0.39 is 11.1 Å². The summed E-state index contributed by atoms with van der Waals surface area (Å²) in [5.41, 5.74) is 0.125. The quantitative estimate of drug-likeness (QED) is 0.426. The number of hydrogen-bond donors (Lipinski definition) is 3. The molecule has 7 heteroatoms. The summed E-state index contributed by atoms with van der Waals surface area (Å²) in [4.78, 5) is 28.5. The molecule has 1 aliphatic carbocycles. The molecule has 1 aromatic rings. The van der Waals surface area contributed by atoms with Gasteiger partial charge >= 0.3 is 6.09 Å². The molecule has 7 nitrogen and oxygen atoms in total. The van der Waals surface area contributed by atoms with Crippen LogP contribution in [0.5, 0.6) is 0 Å². The van der Waals surface area contributed by atoms with Crippen molar-refractivity contribution in [1.29, 1.82) is 0 Å². The fourth-order valence-corrected chi connectivity index (χ4v) is 6.88. The summed E-state index contributed by atoms with van der Waals surface area (Å²) in [6, 6.07) is 10.6. The average Bonchev–Trinajstić information content (AvgIpc) is 3.10. The predicted octanol–water partition coefficient (Wildman–Crippen LogP) is 3.93. The van der Waals surface area contributed by atoms with E-state index in [2.05, 4.69) is 46.8 Å². The second-order valence-corrected chi connectivity index (χ2v) is 12.5. The molecule has 3 saturated heterocycles. The summed E-state index contributed by atoms with van der Waals surface area (Å²) in [6.45, 7) is 14.5. The highest BCUT2D eigenvalue weighted by Gasteiger charge is 2.64. The van der Waals surface area contributed by atoms with E-state index in [4.69, 9.17) is 4.74 Å². The van der Waals surface area contributed by atoms with Gasteiger partial charge in [0.2, 0.25) is 5.91 Å². The Morgan fingerprint density at radius 2 is 1.92 bits per heavy atom. The number of ether oxygens (including phenoxy) is 1. The lowest BCUT2D eigenvalue weighted by Crippen LogP contribution is -2.73. The Morgan fingerprint density at radius 1 is 1.17 bits per heavy atom. The van der Waals surface area contributed by atoms with Gasteiger partial charge in [-0.1, -0.05) is 50.6 Å². The Hall–Kier alpha value is -2.12. The summed E-state index contributed by atoms with van der Waals surface area (Å²) in [6.07, 6.45) is 3.38. The van der Waals surface area contributed by atoms with Crippen LogP contribution in [0.4, 0.5) is 4.79 Å². The monoisotopic (exact) mass is 498 g/mol. The van der Waals surface area contributed by atoms with Crippen molar-refractivity contribution in [3.05, 3.63) is 35.9 Å². The molecule has 3 heterocycles. The number of hydrogen-bond acceptors (Lipinski definition) is 5. The standard InChI is InChI=1S/C29H46N4O3/c1-20(2)18-33-19-22-15-29(26(34)31-16-21-11-7-6-8-12-21)24(25(33)23(22)17-32-29)13-9-10-14-30-27(35)36-28(3,4)5/h6-8,11-12,20,22-25,32H,9-10,13-19H2,1-5H3,(H,30,35)(H,31,34)/t22-,23-,24+,25-,29+/m1/s1. The van der Waals surface area contributed by atoms with Crippen LogP contribution in [0.1, 0.15) is 65.9 Å². The molecule has 0 spiro atoms. The van der Waals surface area contributed by atoms with Gasteiger partial charge in [0.1, 0.15) is 11.1 Å². The number of piperidine rings is 2. The zero-order chi connectivity index (χ0) is 25.9. The number of alkyl carbamates (subject to hydrolysis) is 1. The zero-order valence-electron chi connectivity index (χ0n) is 22.8. The third-order valence-electron chi connectivity index (χ3n) is 8.13. The Bertz CT molecular complexity index is 900. The first-order valence-electron chi connectivity index (χ1n) is 13.9. The zero-order valence-corrected chi connectivity index (χ0v) is 22.8. The van der Waals surface area contributed by atoms with Crippen molar-refractivity contribution in [3.8, 4) is 0 Å². The van der Waals surface area contributed by atoms with E-state index in [1.807, 2.05) is 39.0 Å². The van der Waals surface area contributed by atoms with E-state index in [1.165, 1.54) is 0 Å². The maximum atomic E-state index is 13.9. The van der Waals surface area contributed by atoms with E-state index in [9.17, 15) is 9.59 Å². The lowest BCUT2D eigenvalue weighted by atomic mass is 9.58. The predicted molar refractivity (Wildman–Crippen MR) is 142 cm³/mol. The van der Waals surface area contributed by atoms with Crippen molar-refractivity contribution in [1.82, 2.24) is 20.9 Å². The second-order valence-electron chi connectivity index (χ2n) is 12.5. The van der Waals surface area contributed by atoms with Crippen LogP contribution >= 0.6 is 0 Å². The highest BCUT2D eigenvalue weighted by molar-refractivity contribution is 5.87. The maximum Gasteiger partial charge on any atom is 0.407 e. The summed E-state index contributed by atoms with van der Waals surface area (Å²) >= 11 is 0. The van der Waals surface area contributed by atoms with Gasteiger partial charge in [-0.2, -0.15) is 0 Å². The minimum Gasteiger partial charge on any atom is -0.444 e. The van der Waals surface area contributed by atoms with Gasteiger partial charge in [0, 0.05) is 44.7 Å². The van der Waals surface area contributed by atoms with Gasteiger partial charge in [-0.3, -0.25) is 9.69 Å². The molecule has 5 rings (SSSR count). The number of nitrogens with one attached hydrogen (secondary N) is 3. The molecule has 0 unspecified atom stereocenters. The van der Waals surface area contributed by atoms with Gasteiger partial charge in [-0.05, 0) is 63.4 Å². The summed E-state index contributed by atoms with van der Waals surface area (Å²) in [5, 5.41) is 9.92. The first-order chi connectivity index (χ1) is 17.1. The molecule has 3 N–H and O–H groups in total. The number of carbonyl (C=O) groups is 2. The largest absolute Gasteiger partial charge is 0.444 e. The van der Waals surface area contributed by atoms with Gasteiger partial charge < -0.3 is 20.7 Å². The molecule has 2 amide bonds. The third-order valence-corrected chi connectivity index (χ3v) is 8.13. The Balaban J connectivity index is 1.42. The number of amides is 2. The minimum absolute atomic E-state index is 0.155. The van der Waals surface area contributed by atoms with E-state index in [-0.39, 0.29) is 17.9 Å². The number of rotatable bonds is 10. The molecular formula is C29H46N4O3. The number of unbranched alkanes of at least 4 members (excludes halogenated alkanes) is 1. The Morgan fingerprint density at radius 3 is 2.61 bits per heavy atom. The van der Waals surface area contributed by atoms with Crippen LogP contribution in [0.3, 0.4) is 0 Å². The highest BCUT2D eigenvalue weighted by atomic mass is 16.6. The number of benzene rings is 1. The van der Waals surface area contributed by atoms with Crippen LogP contribution < -0.4 is 16.0 Å². The second kappa shape index (κ2) is 11.1. The molecule has 200 valence electrons. The smallest absolute Gasteiger partial charge is 0.407 e. The van der Waals surface area contributed by atoms with Crippen LogP contribution in [-0.4, -0.2) is 60.3 Å². The van der Waals surface area contributed by atoms with Crippen molar-refractivity contribution in [2.45, 2.75) is 84.0 Å². The summed E-state index contributed by atoms with van der Waals surface area (Å²) in [5.74, 6) is 2.24. The molecule has 36 heavy (non-hydrogen) atoms. The highest BCUT2D eigenvalue weighted by Crippen LogP contribution is 2.53. The molecular weight excluding hydrogens is 452 g/mol. The van der Waals surface area contributed by atoms with Crippen molar-refractivity contribution < 1.29 is 14.3 Å². The van der Waals surface area contributed by atoms with Crippen molar-refractivity contribution in [2.24, 2.45) is 23.7 Å². The molecule has 1 saturated carbocycles. The topological polar surface area (TPSA) is 82.7 Å². The molecule has 5 atom stereocenters. The van der Waals surface area contributed by atoms with Crippen molar-refractivity contribution in [3.63, 3.8) is 0 Å². The first-order valence-corrected chi connectivity index (χ1v) is 13.9. The number of fused-ring (bicyclic) bond motifs is 1. The summed E-state index contributed by atoms with van der Waals surface area (Å²) in [7, 11) is 0. The fraction of sp³-hybridized carbons (Fsp3) is 0.724. The number of nitrogens with zero attached hydrogens (tertiary/aromatic N) is 1. The SMILES string of the molecule is CC(C)CN1C[C@H]2C[C@]3(C(=O)NCc4ccccc4)NC[C@H]2[C@@H]1[C@@H]3CCCCNC(=O)OC(C)(C)C. The fourth-order valence-electron chi connectivity index (χ4n) is 6.88. The molecule has 3 aliphatic heterocycles.